The van der Waals surface area contributed by atoms with Crippen molar-refractivity contribution in [3.8, 4) is 0 Å². The quantitative estimate of drug-likeness (QED) is 0.650. The standard InChI is InChI=1S/C6H10N2O/c1-2-7-5-6-3-4-8-9-6/h3-4,7H,2,5H2,1H3. The zero-order valence-corrected chi connectivity index (χ0v) is 5.42. The van der Waals surface area contributed by atoms with Crippen molar-refractivity contribution in [2.24, 2.45) is 0 Å². The first-order valence-electron chi connectivity index (χ1n) is 3.03. The van der Waals surface area contributed by atoms with Gasteiger partial charge in [0.05, 0.1) is 12.7 Å². The Balaban J connectivity index is 2.30. The van der Waals surface area contributed by atoms with Gasteiger partial charge in [0.2, 0.25) is 0 Å². The van der Waals surface area contributed by atoms with Gasteiger partial charge in [-0.2, -0.15) is 0 Å². The lowest BCUT2D eigenvalue weighted by atomic mass is 10.4. The molecule has 0 saturated heterocycles. The molecule has 0 aliphatic heterocycles. The number of rotatable bonds is 3. The molecule has 0 saturated carbocycles. The summed E-state index contributed by atoms with van der Waals surface area (Å²) in [5.41, 5.74) is 0. The Kier molecular flexibility index (Phi) is 2.27. The van der Waals surface area contributed by atoms with Crippen molar-refractivity contribution < 1.29 is 4.52 Å². The van der Waals surface area contributed by atoms with Crippen LogP contribution in [-0.4, -0.2) is 11.7 Å². The zero-order chi connectivity index (χ0) is 6.53. The van der Waals surface area contributed by atoms with Crippen molar-refractivity contribution in [1.29, 1.82) is 0 Å². The Morgan fingerprint density at radius 2 is 2.67 bits per heavy atom. The van der Waals surface area contributed by atoms with Crippen molar-refractivity contribution in [1.82, 2.24) is 10.5 Å². The summed E-state index contributed by atoms with van der Waals surface area (Å²) in [6.45, 7) is 3.79. The zero-order valence-electron chi connectivity index (χ0n) is 5.42. The number of nitrogens with one attached hydrogen (secondary N) is 1. The van der Waals surface area contributed by atoms with E-state index in [4.69, 9.17) is 4.52 Å². The Labute approximate surface area is 54.0 Å². The fourth-order valence-electron chi connectivity index (χ4n) is 0.582. The summed E-state index contributed by atoms with van der Waals surface area (Å²) in [6, 6.07) is 1.85. The van der Waals surface area contributed by atoms with Crippen LogP contribution in [0.15, 0.2) is 16.8 Å². The summed E-state index contributed by atoms with van der Waals surface area (Å²) in [4.78, 5) is 0. The smallest absolute Gasteiger partial charge is 0.150 e. The second kappa shape index (κ2) is 3.25. The summed E-state index contributed by atoms with van der Waals surface area (Å²) in [7, 11) is 0. The third-order valence-electron chi connectivity index (χ3n) is 1.04. The maximum Gasteiger partial charge on any atom is 0.150 e. The minimum Gasteiger partial charge on any atom is -0.360 e. The predicted molar refractivity (Wildman–Crippen MR) is 33.9 cm³/mol. The average molecular weight is 126 g/mol. The number of hydrogen-bond donors (Lipinski definition) is 1. The highest BCUT2D eigenvalue weighted by molar-refractivity contribution is 4.91. The van der Waals surface area contributed by atoms with Gasteiger partial charge in [-0.1, -0.05) is 12.1 Å². The van der Waals surface area contributed by atoms with Crippen LogP contribution < -0.4 is 5.32 Å². The fourth-order valence-corrected chi connectivity index (χ4v) is 0.582. The fraction of sp³-hybridized carbons (Fsp3) is 0.500. The van der Waals surface area contributed by atoms with Crippen LogP contribution in [0.2, 0.25) is 0 Å². The van der Waals surface area contributed by atoms with Gasteiger partial charge < -0.3 is 9.84 Å². The molecule has 0 aliphatic carbocycles. The van der Waals surface area contributed by atoms with Crippen LogP contribution in [-0.2, 0) is 6.54 Å². The highest BCUT2D eigenvalue weighted by Gasteiger charge is 1.91. The monoisotopic (exact) mass is 126 g/mol. The molecule has 1 aromatic rings. The van der Waals surface area contributed by atoms with Gasteiger partial charge in [0, 0.05) is 6.07 Å². The lowest BCUT2D eigenvalue weighted by Gasteiger charge is -1.92. The molecule has 0 atom stereocenters. The molecule has 9 heavy (non-hydrogen) atoms. The minimum absolute atomic E-state index is 0.774. The van der Waals surface area contributed by atoms with Gasteiger partial charge in [0.15, 0.2) is 0 Å². The van der Waals surface area contributed by atoms with Crippen molar-refractivity contribution in [3.05, 3.63) is 18.0 Å². The van der Waals surface area contributed by atoms with E-state index in [0.29, 0.717) is 0 Å². The lowest BCUT2D eigenvalue weighted by molar-refractivity contribution is 0.374. The van der Waals surface area contributed by atoms with E-state index in [1.54, 1.807) is 6.20 Å². The molecule has 1 aromatic heterocycles. The van der Waals surface area contributed by atoms with Gasteiger partial charge in [-0.15, -0.1) is 0 Å². The number of hydrogen-bond acceptors (Lipinski definition) is 3. The van der Waals surface area contributed by atoms with Gasteiger partial charge >= 0.3 is 0 Å². The summed E-state index contributed by atoms with van der Waals surface area (Å²) in [6.07, 6.45) is 1.65. The molecule has 0 fully saturated rings. The van der Waals surface area contributed by atoms with Crippen LogP contribution in [0.5, 0.6) is 0 Å². The van der Waals surface area contributed by atoms with E-state index in [1.807, 2.05) is 6.07 Å². The Morgan fingerprint density at radius 3 is 3.22 bits per heavy atom. The van der Waals surface area contributed by atoms with Crippen LogP contribution in [0, 0.1) is 0 Å². The first-order valence-corrected chi connectivity index (χ1v) is 3.03. The molecular weight excluding hydrogens is 116 g/mol. The molecule has 3 heteroatoms. The van der Waals surface area contributed by atoms with E-state index in [9.17, 15) is 0 Å². The largest absolute Gasteiger partial charge is 0.360 e. The summed E-state index contributed by atoms with van der Waals surface area (Å²) < 4.78 is 4.82. The van der Waals surface area contributed by atoms with E-state index in [2.05, 4.69) is 17.4 Å². The first-order chi connectivity index (χ1) is 4.43. The van der Waals surface area contributed by atoms with E-state index in [0.717, 1.165) is 18.8 Å². The molecule has 0 spiro atoms. The van der Waals surface area contributed by atoms with Gasteiger partial charge in [0.1, 0.15) is 5.76 Å². The second-order valence-electron chi connectivity index (χ2n) is 1.76. The second-order valence-corrected chi connectivity index (χ2v) is 1.76. The van der Waals surface area contributed by atoms with Crippen LogP contribution in [0.3, 0.4) is 0 Å². The van der Waals surface area contributed by atoms with Gasteiger partial charge in [-0.25, -0.2) is 0 Å². The van der Waals surface area contributed by atoms with Gasteiger partial charge in [0.25, 0.3) is 0 Å². The lowest BCUT2D eigenvalue weighted by Crippen LogP contribution is -2.10. The van der Waals surface area contributed by atoms with Gasteiger partial charge in [-0.3, -0.25) is 0 Å². The molecule has 0 amide bonds. The molecule has 1 heterocycles. The molecule has 0 aromatic carbocycles. The first kappa shape index (κ1) is 6.29. The Hall–Kier alpha value is -0.830. The topological polar surface area (TPSA) is 38.1 Å². The summed E-state index contributed by atoms with van der Waals surface area (Å²) in [5.74, 6) is 0.886. The third kappa shape index (κ3) is 1.85. The average Bonchev–Trinajstić information content (AvgIpc) is 2.34. The van der Waals surface area contributed by atoms with Crippen molar-refractivity contribution in [2.75, 3.05) is 6.54 Å². The molecule has 3 nitrogen and oxygen atoms in total. The Morgan fingerprint density at radius 1 is 1.78 bits per heavy atom. The predicted octanol–water partition coefficient (Wildman–Crippen LogP) is 0.784. The molecule has 1 rings (SSSR count). The van der Waals surface area contributed by atoms with E-state index < -0.39 is 0 Å². The molecular formula is C6H10N2O. The molecule has 0 aliphatic rings. The molecule has 1 N–H and O–H groups in total. The SMILES string of the molecule is CCNCc1ccno1. The molecule has 0 unspecified atom stereocenters. The van der Waals surface area contributed by atoms with Crippen molar-refractivity contribution >= 4 is 0 Å². The number of nitrogens with zero attached hydrogens (tertiary/aromatic N) is 1. The normalized spacial score (nSPS) is 9.89. The van der Waals surface area contributed by atoms with Crippen LogP contribution >= 0.6 is 0 Å². The highest BCUT2D eigenvalue weighted by Crippen LogP contribution is 1.93. The Bertz CT molecular complexity index is 148. The maximum atomic E-state index is 4.82. The van der Waals surface area contributed by atoms with E-state index >= 15 is 0 Å². The van der Waals surface area contributed by atoms with Crippen molar-refractivity contribution in [2.45, 2.75) is 13.5 Å². The van der Waals surface area contributed by atoms with Crippen LogP contribution in [0.1, 0.15) is 12.7 Å². The minimum atomic E-state index is 0.774. The maximum absolute atomic E-state index is 4.82. The van der Waals surface area contributed by atoms with Crippen molar-refractivity contribution in [3.63, 3.8) is 0 Å². The van der Waals surface area contributed by atoms with Crippen LogP contribution in [0.25, 0.3) is 0 Å². The summed E-state index contributed by atoms with van der Waals surface area (Å²) >= 11 is 0. The highest BCUT2D eigenvalue weighted by atomic mass is 16.5. The molecule has 0 radical (unpaired) electrons. The van der Waals surface area contributed by atoms with E-state index in [-0.39, 0.29) is 0 Å². The molecule has 50 valence electrons. The molecule has 0 bridgehead atoms. The van der Waals surface area contributed by atoms with Gasteiger partial charge in [-0.05, 0) is 6.54 Å². The third-order valence-corrected chi connectivity index (χ3v) is 1.04. The number of aromatic nitrogens is 1. The van der Waals surface area contributed by atoms with Crippen LogP contribution in [0.4, 0.5) is 0 Å². The van der Waals surface area contributed by atoms with E-state index in [1.165, 1.54) is 0 Å². The summed E-state index contributed by atoms with van der Waals surface area (Å²) in [5, 5.41) is 6.68.